The molecule has 2 N–H and O–H groups in total. The second-order valence-corrected chi connectivity index (χ2v) is 7.38. The number of imidazole rings is 1. The summed E-state index contributed by atoms with van der Waals surface area (Å²) in [5.41, 5.74) is 1.17. The van der Waals surface area contributed by atoms with Gasteiger partial charge in [-0.1, -0.05) is 0 Å². The van der Waals surface area contributed by atoms with Crippen LogP contribution in [0.4, 0.5) is 5.95 Å². The van der Waals surface area contributed by atoms with Crippen LogP contribution < -0.4 is 15.5 Å². The van der Waals surface area contributed by atoms with E-state index in [4.69, 9.17) is 0 Å². The van der Waals surface area contributed by atoms with E-state index < -0.39 is 0 Å². The van der Waals surface area contributed by atoms with Gasteiger partial charge in [0.2, 0.25) is 11.9 Å². The van der Waals surface area contributed by atoms with E-state index in [1.807, 2.05) is 39.3 Å². The third-order valence-electron chi connectivity index (χ3n) is 5.26. The quantitative estimate of drug-likeness (QED) is 0.602. The zero-order valence-electron chi connectivity index (χ0n) is 15.7. The molecule has 1 aromatic rings. The van der Waals surface area contributed by atoms with Gasteiger partial charge in [-0.2, -0.15) is 0 Å². The van der Waals surface area contributed by atoms with Crippen molar-refractivity contribution in [3.05, 3.63) is 11.9 Å². The summed E-state index contributed by atoms with van der Waals surface area (Å²) in [5.74, 6) is 2.00. The van der Waals surface area contributed by atoms with E-state index in [2.05, 4.69) is 30.1 Å². The van der Waals surface area contributed by atoms with Crippen molar-refractivity contribution in [2.24, 2.45) is 17.5 Å². The number of carbonyl (C=O) groups is 1. The molecule has 3 heterocycles. The maximum absolute atomic E-state index is 11.7. The Balaban J connectivity index is 1.64. The van der Waals surface area contributed by atoms with Crippen LogP contribution >= 0.6 is 0 Å². The number of rotatable bonds is 3. The van der Waals surface area contributed by atoms with Gasteiger partial charge in [0.25, 0.3) is 0 Å². The van der Waals surface area contributed by atoms with Crippen LogP contribution in [-0.2, 0) is 18.4 Å². The Morgan fingerprint density at radius 2 is 2.32 bits per heavy atom. The number of carbonyl (C=O) groups excluding carboxylic acids is 1. The van der Waals surface area contributed by atoms with Gasteiger partial charge in [0.15, 0.2) is 5.96 Å². The molecule has 8 heteroatoms. The molecule has 1 spiro atoms. The van der Waals surface area contributed by atoms with Crippen LogP contribution in [0.1, 0.15) is 25.0 Å². The van der Waals surface area contributed by atoms with Gasteiger partial charge in [0.05, 0.1) is 18.4 Å². The average Bonchev–Trinajstić information content (AvgIpc) is 3.12. The minimum atomic E-state index is 0.0670. The first-order valence-electron chi connectivity index (χ1n) is 8.84. The molecule has 0 bridgehead atoms. The predicted octanol–water partition coefficient (Wildman–Crippen LogP) is 0.164. The highest BCUT2D eigenvalue weighted by atomic mass is 16.1. The van der Waals surface area contributed by atoms with Crippen LogP contribution in [0.25, 0.3) is 0 Å². The summed E-state index contributed by atoms with van der Waals surface area (Å²) >= 11 is 0. The van der Waals surface area contributed by atoms with Crippen molar-refractivity contribution in [1.82, 2.24) is 25.1 Å². The SMILES string of the molecule is CN=C(NCc1cnc(N(C)C)n1C)N1CCCC2(CNC(=O)C2)C1. The average molecular weight is 347 g/mol. The normalized spacial score (nSPS) is 23.9. The topological polar surface area (TPSA) is 77.8 Å². The van der Waals surface area contributed by atoms with E-state index in [0.717, 1.165) is 50.1 Å². The summed E-state index contributed by atoms with van der Waals surface area (Å²) in [5, 5.41) is 6.45. The molecule has 1 amide bonds. The maximum atomic E-state index is 11.7. The fourth-order valence-electron chi connectivity index (χ4n) is 3.94. The minimum Gasteiger partial charge on any atom is -0.355 e. The number of aliphatic imine (C=N–C) groups is 1. The lowest BCUT2D eigenvalue weighted by Crippen LogP contribution is -2.51. The first-order chi connectivity index (χ1) is 11.9. The van der Waals surface area contributed by atoms with Crippen molar-refractivity contribution in [3.63, 3.8) is 0 Å². The van der Waals surface area contributed by atoms with Crippen molar-refractivity contribution >= 4 is 17.8 Å². The Labute approximate surface area is 149 Å². The molecule has 0 saturated carbocycles. The lowest BCUT2D eigenvalue weighted by atomic mass is 9.79. The fourth-order valence-corrected chi connectivity index (χ4v) is 3.94. The molecule has 138 valence electrons. The molecule has 0 radical (unpaired) electrons. The lowest BCUT2D eigenvalue weighted by molar-refractivity contribution is -0.119. The van der Waals surface area contributed by atoms with Gasteiger partial charge in [-0.25, -0.2) is 4.98 Å². The van der Waals surface area contributed by atoms with E-state index in [1.165, 1.54) is 0 Å². The molecule has 2 aliphatic heterocycles. The van der Waals surface area contributed by atoms with Crippen molar-refractivity contribution in [2.45, 2.75) is 25.8 Å². The van der Waals surface area contributed by atoms with E-state index in [-0.39, 0.29) is 11.3 Å². The van der Waals surface area contributed by atoms with Crippen molar-refractivity contribution in [1.29, 1.82) is 0 Å². The van der Waals surface area contributed by atoms with Crippen molar-refractivity contribution in [2.75, 3.05) is 45.7 Å². The van der Waals surface area contributed by atoms with Crippen LogP contribution in [0, 0.1) is 5.41 Å². The molecule has 0 aromatic carbocycles. The van der Waals surface area contributed by atoms with Crippen LogP contribution in [-0.4, -0.2) is 67.1 Å². The predicted molar refractivity (Wildman–Crippen MR) is 98.6 cm³/mol. The van der Waals surface area contributed by atoms with E-state index in [0.29, 0.717) is 13.0 Å². The summed E-state index contributed by atoms with van der Waals surface area (Å²) in [6.07, 6.45) is 4.72. The minimum absolute atomic E-state index is 0.0670. The third kappa shape index (κ3) is 3.57. The molecular formula is C17H29N7O. The van der Waals surface area contributed by atoms with Gasteiger partial charge in [-0.3, -0.25) is 9.79 Å². The number of piperidine rings is 1. The Morgan fingerprint density at radius 1 is 1.52 bits per heavy atom. The molecule has 2 saturated heterocycles. The van der Waals surface area contributed by atoms with Gasteiger partial charge < -0.3 is 25.0 Å². The first-order valence-corrected chi connectivity index (χ1v) is 8.84. The largest absolute Gasteiger partial charge is 0.355 e. The molecule has 1 unspecified atom stereocenters. The van der Waals surface area contributed by atoms with Gasteiger partial charge in [0.1, 0.15) is 0 Å². The zero-order valence-corrected chi connectivity index (χ0v) is 15.7. The summed E-state index contributed by atoms with van der Waals surface area (Å²) in [6.45, 7) is 3.31. The number of hydrogen-bond donors (Lipinski definition) is 2. The smallest absolute Gasteiger partial charge is 0.220 e. The van der Waals surface area contributed by atoms with E-state index in [9.17, 15) is 4.79 Å². The lowest BCUT2D eigenvalue weighted by Gasteiger charge is -2.40. The van der Waals surface area contributed by atoms with Crippen LogP contribution in [0.5, 0.6) is 0 Å². The molecule has 3 rings (SSSR count). The highest BCUT2D eigenvalue weighted by molar-refractivity contribution is 5.81. The number of amides is 1. The Morgan fingerprint density at radius 3 is 2.92 bits per heavy atom. The number of guanidine groups is 1. The summed E-state index contributed by atoms with van der Waals surface area (Å²) in [4.78, 5) is 24.9. The monoisotopic (exact) mass is 347 g/mol. The standard InChI is InChI=1S/C17H29N7O/c1-18-15(19-9-13-10-20-16(22(2)3)23(13)4)24-7-5-6-17(12-24)8-14(25)21-11-17/h10H,5-9,11-12H2,1-4H3,(H,18,19)(H,21,25). The zero-order chi connectivity index (χ0) is 18.0. The second-order valence-electron chi connectivity index (χ2n) is 7.38. The molecular weight excluding hydrogens is 318 g/mol. The first kappa shape index (κ1) is 17.6. The maximum Gasteiger partial charge on any atom is 0.220 e. The van der Waals surface area contributed by atoms with Gasteiger partial charge in [-0.05, 0) is 12.8 Å². The molecule has 0 aliphatic carbocycles. The number of nitrogens with zero attached hydrogens (tertiary/aromatic N) is 5. The van der Waals surface area contributed by atoms with Gasteiger partial charge in [0, 0.05) is 59.7 Å². The fraction of sp³-hybridized carbons (Fsp3) is 0.706. The highest BCUT2D eigenvalue weighted by Gasteiger charge is 2.42. The molecule has 25 heavy (non-hydrogen) atoms. The highest BCUT2D eigenvalue weighted by Crippen LogP contribution is 2.35. The summed E-state index contributed by atoms with van der Waals surface area (Å²) in [6, 6.07) is 0. The molecule has 2 aliphatic rings. The van der Waals surface area contributed by atoms with Gasteiger partial charge in [-0.15, -0.1) is 0 Å². The molecule has 2 fully saturated rings. The number of likely N-dealkylation sites (tertiary alicyclic amines) is 1. The van der Waals surface area contributed by atoms with Crippen LogP contribution in [0.2, 0.25) is 0 Å². The third-order valence-corrected chi connectivity index (χ3v) is 5.26. The van der Waals surface area contributed by atoms with E-state index >= 15 is 0 Å². The Kier molecular flexibility index (Phi) is 4.87. The van der Waals surface area contributed by atoms with Gasteiger partial charge >= 0.3 is 0 Å². The van der Waals surface area contributed by atoms with Crippen molar-refractivity contribution < 1.29 is 4.79 Å². The second kappa shape index (κ2) is 6.93. The number of aromatic nitrogens is 2. The molecule has 1 aromatic heterocycles. The molecule has 8 nitrogen and oxygen atoms in total. The number of anilines is 1. The number of hydrogen-bond acceptors (Lipinski definition) is 4. The number of nitrogens with one attached hydrogen (secondary N) is 2. The van der Waals surface area contributed by atoms with Crippen LogP contribution in [0.15, 0.2) is 11.2 Å². The van der Waals surface area contributed by atoms with E-state index in [1.54, 1.807) is 0 Å². The summed E-state index contributed by atoms with van der Waals surface area (Å²) < 4.78 is 2.08. The summed E-state index contributed by atoms with van der Waals surface area (Å²) in [7, 11) is 7.81. The van der Waals surface area contributed by atoms with Crippen LogP contribution in [0.3, 0.4) is 0 Å². The Bertz CT molecular complexity index is 666. The molecule has 1 atom stereocenters. The van der Waals surface area contributed by atoms with Crippen molar-refractivity contribution in [3.8, 4) is 0 Å². The Hall–Kier alpha value is -2.25.